The Kier molecular flexibility index (Phi) is 7.33. The molecular weight excluding hydrogens is 488 g/mol. The molecule has 7 nitrogen and oxygen atoms in total. The number of hydrogen-bond donors (Lipinski definition) is 1. The summed E-state index contributed by atoms with van der Waals surface area (Å²) in [4.78, 5) is 19.3. The molecule has 1 N–H and O–H groups in total. The number of aliphatic hydroxyl groups excluding tert-OH is 1. The van der Waals surface area contributed by atoms with Crippen LogP contribution >= 0.6 is 11.6 Å². The van der Waals surface area contributed by atoms with E-state index in [0.717, 1.165) is 29.2 Å². The summed E-state index contributed by atoms with van der Waals surface area (Å²) < 4.78 is 32.7. The van der Waals surface area contributed by atoms with Gasteiger partial charge >= 0.3 is 0 Å². The van der Waals surface area contributed by atoms with E-state index in [0.29, 0.717) is 34.5 Å². The maximum atomic E-state index is 13.9. The van der Waals surface area contributed by atoms with Crippen molar-refractivity contribution in [2.75, 3.05) is 18.1 Å². The predicted octanol–water partition coefficient (Wildman–Crippen LogP) is 5.18. The van der Waals surface area contributed by atoms with Crippen LogP contribution in [0.25, 0.3) is 11.4 Å². The molecule has 0 saturated heterocycles. The van der Waals surface area contributed by atoms with E-state index >= 15 is 0 Å². The minimum atomic E-state index is -0.778. The second kappa shape index (κ2) is 10.3. The van der Waals surface area contributed by atoms with Crippen molar-refractivity contribution in [3.8, 4) is 11.4 Å². The highest BCUT2D eigenvalue weighted by atomic mass is 35.5. The third-order valence-electron chi connectivity index (χ3n) is 5.86. The predicted molar refractivity (Wildman–Crippen MR) is 133 cm³/mol. The van der Waals surface area contributed by atoms with Gasteiger partial charge in [0, 0.05) is 41.3 Å². The van der Waals surface area contributed by atoms with Crippen LogP contribution in [0.5, 0.6) is 0 Å². The summed E-state index contributed by atoms with van der Waals surface area (Å²) in [5.41, 5.74) is 3.37. The SMILES string of the molecule is CC1=CC(OCc2ncc(F)cc2F)=C(Cl)CN1c1cc(-c2ccnc(C(C)(C)CO)n2)ncc1C. The average molecular weight is 514 g/mol. The Balaban J connectivity index is 1.58. The van der Waals surface area contributed by atoms with Gasteiger partial charge in [-0.2, -0.15) is 0 Å². The number of aromatic nitrogens is 4. The third kappa shape index (κ3) is 5.37. The van der Waals surface area contributed by atoms with Crippen LogP contribution in [0.4, 0.5) is 14.5 Å². The van der Waals surface area contributed by atoms with E-state index in [9.17, 15) is 13.9 Å². The highest BCUT2D eigenvalue weighted by Crippen LogP contribution is 2.33. The lowest BCUT2D eigenvalue weighted by atomic mass is 9.93. The molecule has 0 aromatic carbocycles. The number of allylic oxidation sites excluding steroid dienone is 2. The van der Waals surface area contributed by atoms with Crippen molar-refractivity contribution in [3.05, 3.63) is 88.1 Å². The molecule has 0 atom stereocenters. The fourth-order valence-electron chi connectivity index (χ4n) is 3.62. The molecular formula is C26H26ClF2N5O2. The van der Waals surface area contributed by atoms with Gasteiger partial charge in [0.2, 0.25) is 0 Å². The Morgan fingerprint density at radius 1 is 1.11 bits per heavy atom. The Hall–Kier alpha value is -3.43. The van der Waals surface area contributed by atoms with Crippen LogP contribution in [-0.4, -0.2) is 38.2 Å². The van der Waals surface area contributed by atoms with E-state index in [-0.39, 0.29) is 18.9 Å². The monoisotopic (exact) mass is 513 g/mol. The summed E-state index contributed by atoms with van der Waals surface area (Å²) in [7, 11) is 0. The van der Waals surface area contributed by atoms with Crippen LogP contribution in [0.2, 0.25) is 0 Å². The summed E-state index contributed by atoms with van der Waals surface area (Å²) in [5.74, 6) is -0.602. The van der Waals surface area contributed by atoms with Gasteiger partial charge in [0.25, 0.3) is 0 Å². The fourth-order valence-corrected chi connectivity index (χ4v) is 3.85. The number of rotatable bonds is 7. The smallest absolute Gasteiger partial charge is 0.151 e. The summed E-state index contributed by atoms with van der Waals surface area (Å²) in [6, 6.07) is 4.47. The number of aryl methyl sites for hydroxylation is 1. The number of pyridine rings is 2. The van der Waals surface area contributed by atoms with Gasteiger partial charge in [0.15, 0.2) is 5.82 Å². The molecule has 0 radical (unpaired) electrons. The molecule has 10 heteroatoms. The van der Waals surface area contributed by atoms with E-state index in [4.69, 9.17) is 16.3 Å². The Morgan fingerprint density at radius 3 is 2.61 bits per heavy atom. The quantitative estimate of drug-likeness (QED) is 0.466. The molecule has 1 aliphatic rings. The van der Waals surface area contributed by atoms with Gasteiger partial charge in [-0.05, 0) is 31.5 Å². The maximum Gasteiger partial charge on any atom is 0.151 e. The average Bonchev–Trinajstić information content (AvgIpc) is 2.85. The van der Waals surface area contributed by atoms with Crippen LogP contribution in [-0.2, 0) is 16.8 Å². The molecule has 4 heterocycles. The minimum Gasteiger partial charge on any atom is -0.486 e. The largest absolute Gasteiger partial charge is 0.486 e. The van der Waals surface area contributed by atoms with Crippen molar-refractivity contribution in [1.29, 1.82) is 0 Å². The second-order valence-corrected chi connectivity index (χ2v) is 9.63. The Bertz CT molecular complexity index is 1360. The number of nitrogens with zero attached hydrogens (tertiary/aromatic N) is 5. The molecule has 0 spiro atoms. The van der Waals surface area contributed by atoms with Crippen molar-refractivity contribution < 1.29 is 18.6 Å². The molecule has 4 rings (SSSR count). The molecule has 0 unspecified atom stereocenters. The first-order chi connectivity index (χ1) is 17.1. The van der Waals surface area contributed by atoms with Crippen molar-refractivity contribution in [3.63, 3.8) is 0 Å². The molecule has 0 saturated carbocycles. The van der Waals surface area contributed by atoms with Crippen LogP contribution in [0.3, 0.4) is 0 Å². The molecule has 3 aromatic heterocycles. The first kappa shape index (κ1) is 25.7. The third-order valence-corrected chi connectivity index (χ3v) is 6.17. The van der Waals surface area contributed by atoms with Gasteiger partial charge in [-0.25, -0.2) is 18.7 Å². The zero-order valence-electron chi connectivity index (χ0n) is 20.4. The summed E-state index contributed by atoms with van der Waals surface area (Å²) in [6.45, 7) is 7.67. The van der Waals surface area contributed by atoms with E-state index in [1.807, 2.05) is 38.7 Å². The summed E-state index contributed by atoms with van der Waals surface area (Å²) in [5, 5.41) is 10.1. The van der Waals surface area contributed by atoms with Crippen LogP contribution < -0.4 is 4.90 Å². The number of anilines is 1. The number of aliphatic hydroxyl groups is 1. The van der Waals surface area contributed by atoms with Gasteiger partial charge in [-0.1, -0.05) is 25.4 Å². The number of halogens is 3. The molecule has 1 aliphatic heterocycles. The highest BCUT2D eigenvalue weighted by Gasteiger charge is 2.25. The lowest BCUT2D eigenvalue weighted by Crippen LogP contribution is -2.27. The Labute approximate surface area is 213 Å². The molecule has 0 bridgehead atoms. The van der Waals surface area contributed by atoms with Gasteiger partial charge in [-0.15, -0.1) is 0 Å². The fraction of sp³-hybridized carbons (Fsp3) is 0.308. The van der Waals surface area contributed by atoms with Crippen molar-refractivity contribution >= 4 is 17.3 Å². The molecule has 0 amide bonds. The zero-order chi connectivity index (χ0) is 26.0. The van der Waals surface area contributed by atoms with Crippen LogP contribution in [0, 0.1) is 18.6 Å². The molecule has 3 aromatic rings. The number of hydrogen-bond acceptors (Lipinski definition) is 7. The standard InChI is InChI=1S/C26H26ClF2N5O2/c1-15-10-31-21(20-5-6-30-25(33-20)26(3,4)14-35)9-23(15)34-12-18(27)24(7-16(34)2)36-13-22-19(29)8-17(28)11-32-22/h5-11,35H,12-14H2,1-4H3. The second-order valence-electron chi connectivity index (χ2n) is 9.18. The van der Waals surface area contributed by atoms with Gasteiger partial charge in [0.1, 0.15) is 29.7 Å². The van der Waals surface area contributed by atoms with Crippen LogP contribution in [0.15, 0.2) is 59.4 Å². The van der Waals surface area contributed by atoms with Crippen LogP contribution in [0.1, 0.15) is 37.9 Å². The van der Waals surface area contributed by atoms with Gasteiger partial charge < -0.3 is 14.7 Å². The highest BCUT2D eigenvalue weighted by molar-refractivity contribution is 6.30. The lowest BCUT2D eigenvalue weighted by molar-refractivity contribution is 0.200. The summed E-state index contributed by atoms with van der Waals surface area (Å²) >= 11 is 6.55. The lowest BCUT2D eigenvalue weighted by Gasteiger charge is -2.31. The summed E-state index contributed by atoms with van der Waals surface area (Å²) in [6.07, 6.45) is 6.13. The van der Waals surface area contributed by atoms with Gasteiger partial charge in [0.05, 0.1) is 35.8 Å². The molecule has 0 fully saturated rings. The number of ether oxygens (including phenoxy) is 1. The van der Waals surface area contributed by atoms with Gasteiger partial charge in [-0.3, -0.25) is 9.97 Å². The van der Waals surface area contributed by atoms with Crippen molar-refractivity contribution in [2.45, 2.75) is 39.7 Å². The molecule has 0 aliphatic carbocycles. The van der Waals surface area contributed by atoms with E-state index < -0.39 is 17.0 Å². The first-order valence-electron chi connectivity index (χ1n) is 11.3. The first-order valence-corrected chi connectivity index (χ1v) is 11.7. The van der Waals surface area contributed by atoms with E-state index in [1.54, 1.807) is 24.5 Å². The molecule has 36 heavy (non-hydrogen) atoms. The molecule has 188 valence electrons. The van der Waals surface area contributed by atoms with Crippen molar-refractivity contribution in [2.24, 2.45) is 0 Å². The van der Waals surface area contributed by atoms with E-state index in [1.165, 1.54) is 0 Å². The Morgan fingerprint density at radius 2 is 1.89 bits per heavy atom. The normalized spacial score (nSPS) is 14.2. The van der Waals surface area contributed by atoms with E-state index in [2.05, 4.69) is 19.9 Å². The van der Waals surface area contributed by atoms with Crippen molar-refractivity contribution in [1.82, 2.24) is 19.9 Å². The maximum absolute atomic E-state index is 13.9. The minimum absolute atomic E-state index is 0.00920. The zero-order valence-corrected chi connectivity index (χ0v) is 21.1. The topological polar surface area (TPSA) is 84.3 Å².